The molecule has 1 rings (SSSR count). The zero-order chi connectivity index (χ0) is 11.8. The van der Waals surface area contributed by atoms with Crippen molar-refractivity contribution in [1.82, 2.24) is 5.32 Å². The summed E-state index contributed by atoms with van der Waals surface area (Å²) in [4.78, 5) is 0. The van der Waals surface area contributed by atoms with Crippen LogP contribution in [0.1, 0.15) is 31.3 Å². The van der Waals surface area contributed by atoms with Crippen molar-refractivity contribution in [3.63, 3.8) is 0 Å². The van der Waals surface area contributed by atoms with Crippen LogP contribution in [0.2, 0.25) is 0 Å². The zero-order valence-corrected chi connectivity index (χ0v) is 9.78. The van der Waals surface area contributed by atoms with Gasteiger partial charge in [0.1, 0.15) is 18.1 Å². The van der Waals surface area contributed by atoms with Crippen LogP contribution in [-0.4, -0.2) is 23.4 Å². The van der Waals surface area contributed by atoms with E-state index in [1.807, 2.05) is 13.0 Å². The summed E-state index contributed by atoms with van der Waals surface area (Å²) < 4.78 is 5.33. The van der Waals surface area contributed by atoms with Gasteiger partial charge in [-0.3, -0.25) is 0 Å². The summed E-state index contributed by atoms with van der Waals surface area (Å²) in [6.45, 7) is 3.86. The highest BCUT2D eigenvalue weighted by Gasteiger charge is 2.01. The first-order chi connectivity index (χ1) is 7.76. The largest absolute Gasteiger partial charge is 0.462 e. The summed E-state index contributed by atoms with van der Waals surface area (Å²) in [5.74, 6) is 1.83. The van der Waals surface area contributed by atoms with E-state index in [2.05, 4.69) is 5.32 Å². The maximum absolute atomic E-state index is 8.84. The Morgan fingerprint density at radius 3 is 2.69 bits per heavy atom. The Hall–Kier alpha value is -0.840. The quantitative estimate of drug-likeness (QED) is 0.585. The highest BCUT2D eigenvalue weighted by molar-refractivity contribution is 5.05. The first kappa shape index (κ1) is 13.2. The Labute approximate surface area is 96.3 Å². The van der Waals surface area contributed by atoms with E-state index in [9.17, 15) is 0 Å². The molecule has 4 nitrogen and oxygen atoms in total. The molecule has 0 aliphatic carbocycles. The van der Waals surface area contributed by atoms with Gasteiger partial charge in [0.15, 0.2) is 0 Å². The molecule has 0 saturated carbocycles. The number of hydrogen-bond donors (Lipinski definition) is 3. The lowest BCUT2D eigenvalue weighted by molar-refractivity contribution is 0.227. The molecule has 0 spiro atoms. The molecule has 0 fully saturated rings. The third-order valence-corrected chi connectivity index (χ3v) is 2.53. The molecule has 0 aliphatic rings. The van der Waals surface area contributed by atoms with Crippen molar-refractivity contribution in [2.24, 2.45) is 5.92 Å². The van der Waals surface area contributed by atoms with E-state index in [0.717, 1.165) is 25.1 Å². The van der Waals surface area contributed by atoms with Crippen LogP contribution in [0, 0.1) is 5.92 Å². The highest BCUT2D eigenvalue weighted by atomic mass is 16.4. The van der Waals surface area contributed by atoms with Crippen molar-refractivity contribution < 1.29 is 14.6 Å². The van der Waals surface area contributed by atoms with Crippen molar-refractivity contribution in [1.29, 1.82) is 0 Å². The SMILES string of the molecule is CC(CO)CCCNCc1ccc(CO)o1. The molecule has 1 unspecified atom stereocenters. The van der Waals surface area contributed by atoms with Crippen molar-refractivity contribution >= 4 is 0 Å². The van der Waals surface area contributed by atoms with Gasteiger partial charge in [0, 0.05) is 6.61 Å². The van der Waals surface area contributed by atoms with Gasteiger partial charge in [0.25, 0.3) is 0 Å². The molecule has 3 N–H and O–H groups in total. The van der Waals surface area contributed by atoms with Crippen LogP contribution in [0.3, 0.4) is 0 Å². The molecule has 0 bridgehead atoms. The fourth-order valence-electron chi connectivity index (χ4n) is 1.48. The van der Waals surface area contributed by atoms with Crippen LogP contribution < -0.4 is 5.32 Å². The van der Waals surface area contributed by atoms with E-state index in [1.54, 1.807) is 6.07 Å². The van der Waals surface area contributed by atoms with Gasteiger partial charge < -0.3 is 19.9 Å². The van der Waals surface area contributed by atoms with Gasteiger partial charge in [-0.1, -0.05) is 6.92 Å². The minimum atomic E-state index is -0.0476. The van der Waals surface area contributed by atoms with Crippen LogP contribution in [0.25, 0.3) is 0 Å². The fraction of sp³-hybridized carbons (Fsp3) is 0.667. The molecule has 0 aromatic carbocycles. The Morgan fingerprint density at radius 2 is 2.06 bits per heavy atom. The number of aliphatic hydroxyl groups excluding tert-OH is 2. The topological polar surface area (TPSA) is 65.6 Å². The molecular weight excluding hydrogens is 206 g/mol. The molecule has 4 heteroatoms. The average molecular weight is 227 g/mol. The standard InChI is InChI=1S/C12H21NO3/c1-10(8-14)3-2-6-13-7-11-4-5-12(9-15)16-11/h4-5,10,13-15H,2-3,6-9H2,1H3. The Balaban J connectivity index is 2.07. The van der Waals surface area contributed by atoms with Gasteiger partial charge in [0.2, 0.25) is 0 Å². The first-order valence-electron chi connectivity index (χ1n) is 5.76. The molecule has 0 aliphatic heterocycles. The Bertz CT molecular complexity index is 286. The molecule has 0 amide bonds. The minimum Gasteiger partial charge on any atom is -0.462 e. The van der Waals surface area contributed by atoms with Gasteiger partial charge >= 0.3 is 0 Å². The average Bonchev–Trinajstić information content (AvgIpc) is 2.76. The fourth-order valence-corrected chi connectivity index (χ4v) is 1.48. The predicted octanol–water partition coefficient (Wildman–Crippen LogP) is 1.27. The molecule has 1 aromatic rings. The normalized spacial score (nSPS) is 12.9. The van der Waals surface area contributed by atoms with E-state index in [1.165, 1.54) is 0 Å². The second-order valence-corrected chi connectivity index (χ2v) is 4.13. The van der Waals surface area contributed by atoms with Gasteiger partial charge in [-0.25, -0.2) is 0 Å². The molecule has 1 heterocycles. The summed E-state index contributed by atoms with van der Waals surface area (Å²) in [5.41, 5.74) is 0. The van der Waals surface area contributed by atoms with Crippen molar-refractivity contribution in [3.8, 4) is 0 Å². The maximum atomic E-state index is 8.84. The lowest BCUT2D eigenvalue weighted by Gasteiger charge is -2.07. The Kier molecular flexibility index (Phi) is 6.15. The second kappa shape index (κ2) is 7.44. The Morgan fingerprint density at radius 1 is 1.31 bits per heavy atom. The van der Waals surface area contributed by atoms with Gasteiger partial charge in [-0.2, -0.15) is 0 Å². The van der Waals surface area contributed by atoms with Crippen LogP contribution >= 0.6 is 0 Å². The molecule has 0 saturated heterocycles. The van der Waals surface area contributed by atoms with Gasteiger partial charge in [0.05, 0.1) is 6.54 Å². The maximum Gasteiger partial charge on any atom is 0.129 e. The third kappa shape index (κ3) is 4.79. The van der Waals surface area contributed by atoms with E-state index in [0.29, 0.717) is 18.2 Å². The van der Waals surface area contributed by atoms with Crippen molar-refractivity contribution in [2.75, 3.05) is 13.2 Å². The predicted molar refractivity (Wildman–Crippen MR) is 61.8 cm³/mol. The second-order valence-electron chi connectivity index (χ2n) is 4.13. The monoisotopic (exact) mass is 227 g/mol. The van der Waals surface area contributed by atoms with Crippen LogP contribution in [0.4, 0.5) is 0 Å². The summed E-state index contributed by atoms with van der Waals surface area (Å²) in [7, 11) is 0. The van der Waals surface area contributed by atoms with E-state index in [4.69, 9.17) is 14.6 Å². The van der Waals surface area contributed by atoms with Crippen molar-refractivity contribution in [2.45, 2.75) is 32.9 Å². The van der Waals surface area contributed by atoms with Crippen molar-refractivity contribution in [3.05, 3.63) is 23.7 Å². The highest BCUT2D eigenvalue weighted by Crippen LogP contribution is 2.07. The molecular formula is C12H21NO3. The number of nitrogens with one attached hydrogen (secondary N) is 1. The third-order valence-electron chi connectivity index (χ3n) is 2.53. The molecule has 1 atom stereocenters. The summed E-state index contributed by atoms with van der Waals surface area (Å²) in [5, 5.41) is 20.9. The van der Waals surface area contributed by atoms with Gasteiger partial charge in [-0.05, 0) is 37.4 Å². The lowest BCUT2D eigenvalue weighted by atomic mass is 10.1. The van der Waals surface area contributed by atoms with E-state index in [-0.39, 0.29) is 13.2 Å². The minimum absolute atomic E-state index is 0.0476. The van der Waals surface area contributed by atoms with Crippen LogP contribution in [0.15, 0.2) is 16.5 Å². The number of aliphatic hydroxyl groups is 2. The first-order valence-corrected chi connectivity index (χ1v) is 5.76. The molecule has 1 aromatic heterocycles. The zero-order valence-electron chi connectivity index (χ0n) is 9.78. The summed E-state index contributed by atoms with van der Waals surface area (Å²) >= 11 is 0. The van der Waals surface area contributed by atoms with E-state index >= 15 is 0 Å². The van der Waals surface area contributed by atoms with Crippen LogP contribution in [0.5, 0.6) is 0 Å². The number of hydrogen-bond acceptors (Lipinski definition) is 4. The van der Waals surface area contributed by atoms with Crippen LogP contribution in [-0.2, 0) is 13.2 Å². The summed E-state index contributed by atoms with van der Waals surface area (Å²) in [6, 6.07) is 3.65. The number of furan rings is 1. The summed E-state index contributed by atoms with van der Waals surface area (Å²) in [6.07, 6.45) is 2.08. The molecule has 0 radical (unpaired) electrons. The van der Waals surface area contributed by atoms with E-state index < -0.39 is 0 Å². The molecule has 16 heavy (non-hydrogen) atoms. The molecule has 92 valence electrons. The van der Waals surface area contributed by atoms with Gasteiger partial charge in [-0.15, -0.1) is 0 Å². The number of rotatable bonds is 8. The smallest absolute Gasteiger partial charge is 0.129 e. The lowest BCUT2D eigenvalue weighted by Crippen LogP contribution is -2.15.